The zero-order chi connectivity index (χ0) is 10.7. The SMILES string of the molecule is COC(=O)c1ccc(C#N)c(F)c1N. The maximum absolute atomic E-state index is 13.2. The summed E-state index contributed by atoms with van der Waals surface area (Å²) < 4.78 is 17.6. The minimum atomic E-state index is -0.893. The Balaban J connectivity index is 3.33. The van der Waals surface area contributed by atoms with Crippen LogP contribution in [-0.2, 0) is 4.74 Å². The lowest BCUT2D eigenvalue weighted by Crippen LogP contribution is -2.08. The predicted molar refractivity (Wildman–Crippen MR) is 46.9 cm³/mol. The number of hydrogen-bond acceptors (Lipinski definition) is 4. The van der Waals surface area contributed by atoms with Crippen LogP contribution < -0.4 is 5.73 Å². The molecule has 0 bridgehead atoms. The normalized spacial score (nSPS) is 9.21. The Kier molecular flexibility index (Phi) is 2.67. The fraction of sp³-hybridized carbons (Fsp3) is 0.111. The van der Waals surface area contributed by atoms with Crippen LogP contribution in [0.5, 0.6) is 0 Å². The van der Waals surface area contributed by atoms with E-state index in [0.29, 0.717) is 0 Å². The number of nitrogens with two attached hydrogens (primary N) is 1. The minimum Gasteiger partial charge on any atom is -0.465 e. The van der Waals surface area contributed by atoms with Gasteiger partial charge in [-0.05, 0) is 12.1 Å². The number of esters is 1. The van der Waals surface area contributed by atoms with Gasteiger partial charge in [-0.2, -0.15) is 5.26 Å². The highest BCUT2D eigenvalue weighted by atomic mass is 19.1. The molecule has 0 atom stereocenters. The van der Waals surface area contributed by atoms with Crippen LogP contribution in [0.3, 0.4) is 0 Å². The molecule has 0 radical (unpaired) electrons. The van der Waals surface area contributed by atoms with E-state index in [4.69, 9.17) is 11.0 Å². The number of methoxy groups -OCH3 is 1. The number of ether oxygens (including phenoxy) is 1. The number of halogens is 1. The number of nitrogens with zero attached hydrogens (tertiary/aromatic N) is 1. The van der Waals surface area contributed by atoms with Gasteiger partial charge in [0.15, 0.2) is 5.82 Å². The number of benzene rings is 1. The molecule has 1 rings (SSSR count). The van der Waals surface area contributed by atoms with E-state index in [1.165, 1.54) is 12.1 Å². The topological polar surface area (TPSA) is 76.1 Å². The van der Waals surface area contributed by atoms with Gasteiger partial charge >= 0.3 is 5.97 Å². The standard InChI is InChI=1S/C9H7FN2O2/c1-14-9(13)6-3-2-5(4-11)7(10)8(6)12/h2-3H,12H2,1H3. The third kappa shape index (κ3) is 1.50. The summed E-state index contributed by atoms with van der Waals surface area (Å²) in [7, 11) is 1.16. The quantitative estimate of drug-likeness (QED) is 0.535. The summed E-state index contributed by atoms with van der Waals surface area (Å²) in [4.78, 5) is 11.0. The molecule has 0 aliphatic heterocycles. The van der Waals surface area contributed by atoms with Gasteiger partial charge in [0.1, 0.15) is 6.07 Å². The van der Waals surface area contributed by atoms with Crippen LogP contribution >= 0.6 is 0 Å². The first kappa shape index (κ1) is 9.99. The Morgan fingerprint density at radius 3 is 2.79 bits per heavy atom. The molecule has 0 aliphatic rings. The molecule has 1 aromatic rings. The minimum absolute atomic E-state index is 0.0796. The summed E-state index contributed by atoms with van der Waals surface area (Å²) in [5.74, 6) is -1.62. The fourth-order valence-corrected chi connectivity index (χ4v) is 0.967. The van der Waals surface area contributed by atoms with E-state index in [9.17, 15) is 9.18 Å². The van der Waals surface area contributed by atoms with E-state index in [-0.39, 0.29) is 16.8 Å². The van der Waals surface area contributed by atoms with E-state index in [2.05, 4.69) is 4.74 Å². The van der Waals surface area contributed by atoms with Crippen LogP contribution in [0.2, 0.25) is 0 Å². The average Bonchev–Trinajstić information content (AvgIpc) is 2.21. The van der Waals surface area contributed by atoms with E-state index in [0.717, 1.165) is 7.11 Å². The van der Waals surface area contributed by atoms with Crippen molar-refractivity contribution >= 4 is 11.7 Å². The summed E-state index contributed by atoms with van der Waals surface area (Å²) >= 11 is 0. The Labute approximate surface area is 79.7 Å². The zero-order valence-electron chi connectivity index (χ0n) is 7.37. The lowest BCUT2D eigenvalue weighted by atomic mass is 10.1. The molecule has 0 spiro atoms. The van der Waals surface area contributed by atoms with Gasteiger partial charge in [-0.15, -0.1) is 0 Å². The molecule has 0 saturated heterocycles. The first-order valence-electron chi connectivity index (χ1n) is 3.68. The van der Waals surface area contributed by atoms with Crippen molar-refractivity contribution in [3.8, 4) is 6.07 Å². The first-order valence-corrected chi connectivity index (χ1v) is 3.68. The number of carbonyl (C=O) groups excluding carboxylic acids is 1. The number of rotatable bonds is 1. The summed E-state index contributed by atoms with van der Waals surface area (Å²) in [6.45, 7) is 0. The Morgan fingerprint density at radius 1 is 1.64 bits per heavy atom. The number of nitrogen functional groups attached to an aromatic ring is 1. The van der Waals surface area contributed by atoms with Crippen molar-refractivity contribution < 1.29 is 13.9 Å². The second kappa shape index (κ2) is 3.75. The number of carbonyl (C=O) groups is 1. The lowest BCUT2D eigenvalue weighted by Gasteiger charge is -2.04. The van der Waals surface area contributed by atoms with E-state index in [1.807, 2.05) is 0 Å². The Bertz CT molecular complexity index is 424. The second-order valence-electron chi connectivity index (χ2n) is 2.49. The van der Waals surface area contributed by atoms with E-state index >= 15 is 0 Å². The van der Waals surface area contributed by atoms with Crippen LogP contribution in [0.1, 0.15) is 15.9 Å². The van der Waals surface area contributed by atoms with Crippen LogP contribution in [0.4, 0.5) is 10.1 Å². The number of hydrogen-bond donors (Lipinski definition) is 1. The zero-order valence-corrected chi connectivity index (χ0v) is 7.37. The van der Waals surface area contributed by atoms with Gasteiger partial charge in [-0.25, -0.2) is 9.18 Å². The molecule has 0 heterocycles. The molecule has 0 amide bonds. The van der Waals surface area contributed by atoms with Crippen molar-refractivity contribution in [2.24, 2.45) is 0 Å². The highest BCUT2D eigenvalue weighted by Crippen LogP contribution is 2.20. The third-order valence-corrected chi connectivity index (χ3v) is 1.71. The molecule has 2 N–H and O–H groups in total. The van der Waals surface area contributed by atoms with Gasteiger partial charge in [0.05, 0.1) is 23.9 Å². The Morgan fingerprint density at radius 2 is 2.29 bits per heavy atom. The number of anilines is 1. The molecular weight excluding hydrogens is 187 g/mol. The van der Waals surface area contributed by atoms with Crippen LogP contribution in [0, 0.1) is 17.1 Å². The molecule has 0 saturated carbocycles. The second-order valence-corrected chi connectivity index (χ2v) is 2.49. The van der Waals surface area contributed by atoms with Crippen molar-refractivity contribution in [2.45, 2.75) is 0 Å². The number of nitriles is 1. The highest BCUT2D eigenvalue weighted by Gasteiger charge is 2.15. The van der Waals surface area contributed by atoms with Crippen molar-refractivity contribution in [3.63, 3.8) is 0 Å². The molecule has 14 heavy (non-hydrogen) atoms. The lowest BCUT2D eigenvalue weighted by molar-refractivity contribution is 0.0601. The van der Waals surface area contributed by atoms with Crippen molar-refractivity contribution in [2.75, 3.05) is 12.8 Å². The molecule has 5 heteroatoms. The molecule has 72 valence electrons. The molecule has 0 unspecified atom stereocenters. The van der Waals surface area contributed by atoms with E-state index in [1.54, 1.807) is 6.07 Å². The fourth-order valence-electron chi connectivity index (χ4n) is 0.967. The summed E-state index contributed by atoms with van der Waals surface area (Å²) in [6.07, 6.45) is 0. The molecule has 1 aromatic carbocycles. The van der Waals surface area contributed by atoms with Crippen LogP contribution in [-0.4, -0.2) is 13.1 Å². The molecular formula is C9H7FN2O2. The Hall–Kier alpha value is -2.09. The first-order chi connectivity index (χ1) is 6.61. The molecule has 0 aliphatic carbocycles. The van der Waals surface area contributed by atoms with Crippen molar-refractivity contribution in [1.29, 1.82) is 5.26 Å². The average molecular weight is 194 g/mol. The smallest absolute Gasteiger partial charge is 0.340 e. The van der Waals surface area contributed by atoms with Gasteiger partial charge in [0.2, 0.25) is 0 Å². The molecule has 0 aromatic heterocycles. The van der Waals surface area contributed by atoms with Gasteiger partial charge < -0.3 is 10.5 Å². The van der Waals surface area contributed by atoms with Gasteiger partial charge in [-0.3, -0.25) is 0 Å². The monoisotopic (exact) mass is 194 g/mol. The predicted octanol–water partition coefficient (Wildman–Crippen LogP) is 1.07. The third-order valence-electron chi connectivity index (χ3n) is 1.71. The molecule has 0 fully saturated rings. The van der Waals surface area contributed by atoms with Crippen molar-refractivity contribution in [1.82, 2.24) is 0 Å². The summed E-state index contributed by atoms with van der Waals surface area (Å²) in [5, 5.41) is 8.47. The highest BCUT2D eigenvalue weighted by molar-refractivity contribution is 5.95. The molecule has 4 nitrogen and oxygen atoms in total. The van der Waals surface area contributed by atoms with Gasteiger partial charge in [0.25, 0.3) is 0 Å². The van der Waals surface area contributed by atoms with Crippen LogP contribution in [0.25, 0.3) is 0 Å². The van der Waals surface area contributed by atoms with Gasteiger partial charge in [-0.1, -0.05) is 0 Å². The van der Waals surface area contributed by atoms with Gasteiger partial charge in [0, 0.05) is 0 Å². The largest absolute Gasteiger partial charge is 0.465 e. The summed E-state index contributed by atoms with van der Waals surface area (Å²) in [5.41, 5.74) is 4.67. The van der Waals surface area contributed by atoms with Crippen molar-refractivity contribution in [3.05, 3.63) is 29.1 Å². The van der Waals surface area contributed by atoms with Crippen LogP contribution in [0.15, 0.2) is 12.1 Å². The van der Waals surface area contributed by atoms with E-state index < -0.39 is 11.8 Å². The maximum atomic E-state index is 13.2. The maximum Gasteiger partial charge on any atom is 0.340 e. The summed E-state index contributed by atoms with van der Waals surface area (Å²) in [6, 6.07) is 4.04.